The molecule has 0 atom stereocenters. The van der Waals surface area contributed by atoms with E-state index in [9.17, 15) is 8.42 Å². The predicted molar refractivity (Wildman–Crippen MR) is 84.4 cm³/mol. The van der Waals surface area contributed by atoms with Crippen LogP contribution in [0.3, 0.4) is 0 Å². The number of methoxy groups -OCH3 is 2. The molecule has 1 aromatic carbocycles. The van der Waals surface area contributed by atoms with Crippen LogP contribution in [0.25, 0.3) is 0 Å². The van der Waals surface area contributed by atoms with E-state index in [1.54, 1.807) is 10.4 Å². The molecule has 5 nitrogen and oxygen atoms in total. The molecule has 1 fully saturated rings. The number of nitrogens with zero attached hydrogens (tertiary/aromatic N) is 1. The number of hydrogen-bond donors (Lipinski definition) is 0. The lowest BCUT2D eigenvalue weighted by atomic mass is 10.0. The van der Waals surface area contributed by atoms with Crippen molar-refractivity contribution >= 4 is 26.0 Å². The second-order valence-corrected chi connectivity index (χ2v) is 7.98. The minimum absolute atomic E-state index is 0.217. The minimum Gasteiger partial charge on any atom is -0.493 e. The maximum atomic E-state index is 12.8. The molecule has 0 spiro atoms. The van der Waals surface area contributed by atoms with E-state index in [1.165, 1.54) is 20.3 Å². The zero-order chi connectivity index (χ0) is 15.6. The molecule has 1 heterocycles. The van der Waals surface area contributed by atoms with Crippen molar-refractivity contribution in [2.24, 2.45) is 5.92 Å². The zero-order valence-electron chi connectivity index (χ0n) is 12.4. The summed E-state index contributed by atoms with van der Waals surface area (Å²) in [5.41, 5.74) is 0. The molecule has 0 aromatic heterocycles. The summed E-state index contributed by atoms with van der Waals surface area (Å²) in [7, 11) is -0.514. The van der Waals surface area contributed by atoms with Crippen LogP contribution in [0.15, 0.2) is 21.5 Å². The highest BCUT2D eigenvalue weighted by Gasteiger charge is 2.30. The lowest BCUT2D eigenvalue weighted by Gasteiger charge is -2.29. The van der Waals surface area contributed by atoms with E-state index in [0.29, 0.717) is 35.0 Å². The SMILES string of the molecule is COc1cc(Br)c(S(=O)(=O)N2CCC(C)CC2)cc1OC. The second kappa shape index (κ2) is 6.54. The van der Waals surface area contributed by atoms with Crippen molar-refractivity contribution in [2.45, 2.75) is 24.7 Å². The fraction of sp³-hybridized carbons (Fsp3) is 0.571. The van der Waals surface area contributed by atoms with Gasteiger partial charge in [0.2, 0.25) is 10.0 Å². The number of piperidine rings is 1. The van der Waals surface area contributed by atoms with E-state index < -0.39 is 10.0 Å². The first-order valence-electron chi connectivity index (χ1n) is 6.81. The molecule has 0 radical (unpaired) electrons. The highest BCUT2D eigenvalue weighted by Crippen LogP contribution is 2.37. The largest absolute Gasteiger partial charge is 0.493 e. The van der Waals surface area contributed by atoms with Gasteiger partial charge in [-0.25, -0.2) is 8.42 Å². The van der Waals surface area contributed by atoms with Crippen LogP contribution in [0.2, 0.25) is 0 Å². The van der Waals surface area contributed by atoms with Gasteiger partial charge in [0, 0.05) is 23.6 Å². The number of sulfonamides is 1. The van der Waals surface area contributed by atoms with Gasteiger partial charge < -0.3 is 9.47 Å². The summed E-state index contributed by atoms with van der Waals surface area (Å²) in [6, 6.07) is 3.13. The van der Waals surface area contributed by atoms with E-state index in [1.807, 2.05) is 0 Å². The number of benzene rings is 1. The number of halogens is 1. The Morgan fingerprint density at radius 2 is 1.67 bits per heavy atom. The summed E-state index contributed by atoms with van der Waals surface area (Å²) in [4.78, 5) is 0.217. The molecule has 1 saturated heterocycles. The van der Waals surface area contributed by atoms with Gasteiger partial charge in [-0.3, -0.25) is 0 Å². The maximum absolute atomic E-state index is 12.8. The summed E-state index contributed by atoms with van der Waals surface area (Å²) < 4.78 is 38.0. The van der Waals surface area contributed by atoms with Crippen LogP contribution >= 0.6 is 15.9 Å². The lowest BCUT2D eigenvalue weighted by molar-refractivity contribution is 0.287. The number of ether oxygens (including phenoxy) is 2. The van der Waals surface area contributed by atoms with Crippen LogP contribution in [0.1, 0.15) is 19.8 Å². The monoisotopic (exact) mass is 377 g/mol. The van der Waals surface area contributed by atoms with Gasteiger partial charge in [0.1, 0.15) is 4.90 Å². The molecule has 2 rings (SSSR count). The van der Waals surface area contributed by atoms with E-state index in [4.69, 9.17) is 9.47 Å². The quantitative estimate of drug-likeness (QED) is 0.809. The van der Waals surface area contributed by atoms with Crippen molar-refractivity contribution in [1.82, 2.24) is 4.31 Å². The van der Waals surface area contributed by atoms with E-state index in [0.717, 1.165) is 12.8 Å². The first kappa shape index (κ1) is 16.6. The van der Waals surface area contributed by atoms with Crippen molar-refractivity contribution in [3.05, 3.63) is 16.6 Å². The van der Waals surface area contributed by atoms with Crippen molar-refractivity contribution in [1.29, 1.82) is 0 Å². The van der Waals surface area contributed by atoms with Gasteiger partial charge in [-0.15, -0.1) is 0 Å². The third-order valence-corrected chi connectivity index (χ3v) is 6.66. The summed E-state index contributed by atoms with van der Waals surface area (Å²) in [5.74, 6) is 1.48. The second-order valence-electron chi connectivity index (χ2n) is 5.22. The van der Waals surface area contributed by atoms with Gasteiger partial charge in [-0.1, -0.05) is 6.92 Å². The summed E-state index contributed by atoms with van der Waals surface area (Å²) in [5, 5.41) is 0. The summed E-state index contributed by atoms with van der Waals surface area (Å²) in [6.07, 6.45) is 1.79. The average molecular weight is 378 g/mol. The minimum atomic E-state index is -3.52. The van der Waals surface area contributed by atoms with E-state index in [2.05, 4.69) is 22.9 Å². The maximum Gasteiger partial charge on any atom is 0.244 e. The third kappa shape index (κ3) is 3.35. The first-order chi connectivity index (χ1) is 9.90. The molecule has 0 bridgehead atoms. The molecule has 7 heteroatoms. The topological polar surface area (TPSA) is 55.8 Å². The van der Waals surface area contributed by atoms with Gasteiger partial charge in [0.15, 0.2) is 11.5 Å². The molecule has 0 saturated carbocycles. The van der Waals surface area contributed by atoms with Gasteiger partial charge in [0.05, 0.1) is 14.2 Å². The molecule has 0 N–H and O–H groups in total. The molecule has 0 unspecified atom stereocenters. The van der Waals surface area contributed by atoms with E-state index >= 15 is 0 Å². The fourth-order valence-electron chi connectivity index (χ4n) is 2.40. The molecule has 0 amide bonds. The average Bonchev–Trinajstić information content (AvgIpc) is 2.47. The predicted octanol–water partition coefficient (Wildman–Crippen LogP) is 2.89. The summed E-state index contributed by atoms with van der Waals surface area (Å²) in [6.45, 7) is 3.27. The van der Waals surface area contributed by atoms with Gasteiger partial charge in [-0.05, 0) is 40.8 Å². The molecular weight excluding hydrogens is 358 g/mol. The van der Waals surface area contributed by atoms with Crippen LogP contribution in [0.4, 0.5) is 0 Å². The zero-order valence-corrected chi connectivity index (χ0v) is 14.8. The standard InChI is InChI=1S/C14H20BrNO4S/c1-10-4-6-16(7-5-10)21(17,18)14-9-13(20-3)12(19-2)8-11(14)15/h8-10H,4-7H2,1-3H3. The molecule has 1 aromatic rings. The normalized spacial score (nSPS) is 17.7. The van der Waals surface area contributed by atoms with Crippen LogP contribution in [0.5, 0.6) is 11.5 Å². The Hall–Kier alpha value is -0.790. The third-order valence-electron chi connectivity index (χ3n) is 3.80. The Morgan fingerprint density at radius 3 is 2.19 bits per heavy atom. The summed E-state index contributed by atoms with van der Waals surface area (Å²) >= 11 is 3.32. The van der Waals surface area contributed by atoms with Crippen molar-refractivity contribution < 1.29 is 17.9 Å². The molecule has 0 aliphatic carbocycles. The Kier molecular flexibility index (Phi) is 5.16. The van der Waals surface area contributed by atoms with Crippen molar-refractivity contribution in [3.8, 4) is 11.5 Å². The Bertz CT molecular complexity index is 610. The van der Waals surface area contributed by atoms with Crippen LogP contribution in [-0.2, 0) is 10.0 Å². The number of rotatable bonds is 4. The van der Waals surface area contributed by atoms with E-state index in [-0.39, 0.29) is 4.90 Å². The Balaban J connectivity index is 2.40. The molecule has 118 valence electrons. The van der Waals surface area contributed by atoms with Crippen LogP contribution < -0.4 is 9.47 Å². The van der Waals surface area contributed by atoms with Crippen molar-refractivity contribution in [2.75, 3.05) is 27.3 Å². The molecule has 1 aliphatic rings. The molecule has 1 aliphatic heterocycles. The van der Waals surface area contributed by atoms with Crippen LogP contribution in [-0.4, -0.2) is 40.0 Å². The smallest absolute Gasteiger partial charge is 0.244 e. The Labute approximate surface area is 134 Å². The highest BCUT2D eigenvalue weighted by molar-refractivity contribution is 9.10. The van der Waals surface area contributed by atoms with Gasteiger partial charge >= 0.3 is 0 Å². The molecule has 21 heavy (non-hydrogen) atoms. The Morgan fingerprint density at radius 1 is 1.14 bits per heavy atom. The highest BCUT2D eigenvalue weighted by atomic mass is 79.9. The van der Waals surface area contributed by atoms with Crippen LogP contribution in [0, 0.1) is 5.92 Å². The van der Waals surface area contributed by atoms with Crippen molar-refractivity contribution in [3.63, 3.8) is 0 Å². The fourth-order valence-corrected chi connectivity index (χ4v) is 4.86. The number of hydrogen-bond acceptors (Lipinski definition) is 4. The lowest BCUT2D eigenvalue weighted by Crippen LogP contribution is -2.38. The first-order valence-corrected chi connectivity index (χ1v) is 9.05. The van der Waals surface area contributed by atoms with Gasteiger partial charge in [-0.2, -0.15) is 4.31 Å². The molecular formula is C14H20BrNO4S. The van der Waals surface area contributed by atoms with Gasteiger partial charge in [0.25, 0.3) is 0 Å².